The van der Waals surface area contributed by atoms with Crippen LogP contribution in [0.1, 0.15) is 52.4 Å². The van der Waals surface area contributed by atoms with E-state index in [2.05, 4.69) is 19.2 Å². The molecule has 0 unspecified atom stereocenters. The molecular formula is C12H22N2O. The highest BCUT2D eigenvalue weighted by atomic mass is 16.2. The number of amides is 1. The number of hydrogen-bond acceptors (Lipinski definition) is 2. The molecule has 2 rings (SSSR count). The Morgan fingerprint density at radius 2 is 1.87 bits per heavy atom. The van der Waals surface area contributed by atoms with Crippen molar-refractivity contribution in [3.8, 4) is 0 Å². The average molecular weight is 210 g/mol. The molecule has 3 nitrogen and oxygen atoms in total. The summed E-state index contributed by atoms with van der Waals surface area (Å²) >= 11 is 0. The van der Waals surface area contributed by atoms with E-state index >= 15 is 0 Å². The van der Waals surface area contributed by atoms with Crippen molar-refractivity contribution in [3.63, 3.8) is 0 Å². The van der Waals surface area contributed by atoms with Gasteiger partial charge in [0, 0.05) is 5.54 Å². The Hall–Kier alpha value is -0.570. The molecule has 2 fully saturated rings. The molecule has 0 aromatic rings. The van der Waals surface area contributed by atoms with Gasteiger partial charge in [0.2, 0.25) is 5.91 Å². The summed E-state index contributed by atoms with van der Waals surface area (Å²) in [6.45, 7) is 4.22. The predicted molar refractivity (Wildman–Crippen MR) is 60.3 cm³/mol. The molecule has 0 bridgehead atoms. The lowest BCUT2D eigenvalue weighted by Crippen LogP contribution is -2.58. The van der Waals surface area contributed by atoms with Gasteiger partial charge in [-0.25, -0.2) is 0 Å². The maximum absolute atomic E-state index is 12.1. The van der Waals surface area contributed by atoms with Gasteiger partial charge in [0.25, 0.3) is 0 Å². The summed E-state index contributed by atoms with van der Waals surface area (Å²) in [5.41, 5.74) is 5.48. The van der Waals surface area contributed by atoms with E-state index in [0.29, 0.717) is 5.92 Å². The second-order valence-corrected chi connectivity index (χ2v) is 5.81. The van der Waals surface area contributed by atoms with E-state index < -0.39 is 5.54 Å². The summed E-state index contributed by atoms with van der Waals surface area (Å²) in [5, 5.41) is 3.14. The molecule has 0 aliphatic heterocycles. The van der Waals surface area contributed by atoms with E-state index in [-0.39, 0.29) is 11.4 Å². The third kappa shape index (κ3) is 2.17. The summed E-state index contributed by atoms with van der Waals surface area (Å²) in [6.07, 6.45) is 6.36. The van der Waals surface area contributed by atoms with E-state index in [9.17, 15) is 4.79 Å². The molecule has 15 heavy (non-hydrogen) atoms. The Balaban J connectivity index is 1.96. The van der Waals surface area contributed by atoms with Crippen LogP contribution in [0.25, 0.3) is 0 Å². The lowest BCUT2D eigenvalue weighted by atomic mass is 9.93. The number of nitrogens with two attached hydrogens (primary N) is 1. The summed E-state index contributed by atoms with van der Waals surface area (Å²) in [4.78, 5) is 12.1. The van der Waals surface area contributed by atoms with Gasteiger partial charge in [0.15, 0.2) is 0 Å². The smallest absolute Gasteiger partial charge is 0.240 e. The molecule has 86 valence electrons. The molecule has 0 aromatic heterocycles. The fourth-order valence-corrected chi connectivity index (χ4v) is 2.56. The van der Waals surface area contributed by atoms with Crippen molar-refractivity contribution in [1.82, 2.24) is 5.32 Å². The zero-order chi connectivity index (χ0) is 11.1. The Morgan fingerprint density at radius 1 is 1.33 bits per heavy atom. The molecule has 2 saturated carbocycles. The molecule has 2 aliphatic rings. The van der Waals surface area contributed by atoms with Crippen LogP contribution < -0.4 is 11.1 Å². The fraction of sp³-hybridized carbons (Fsp3) is 0.917. The lowest BCUT2D eigenvalue weighted by molar-refractivity contribution is -0.128. The highest BCUT2D eigenvalue weighted by Crippen LogP contribution is 2.39. The van der Waals surface area contributed by atoms with Crippen molar-refractivity contribution in [2.45, 2.75) is 63.5 Å². The van der Waals surface area contributed by atoms with Crippen LogP contribution in [0.15, 0.2) is 0 Å². The van der Waals surface area contributed by atoms with Crippen molar-refractivity contribution >= 4 is 5.91 Å². The van der Waals surface area contributed by atoms with Gasteiger partial charge in [0.1, 0.15) is 0 Å². The maximum atomic E-state index is 12.1. The molecular weight excluding hydrogens is 188 g/mol. The van der Waals surface area contributed by atoms with Gasteiger partial charge in [-0.1, -0.05) is 12.8 Å². The van der Waals surface area contributed by atoms with E-state index in [0.717, 1.165) is 25.7 Å². The van der Waals surface area contributed by atoms with Crippen LogP contribution in [0, 0.1) is 5.92 Å². The lowest BCUT2D eigenvalue weighted by Gasteiger charge is -2.31. The molecule has 1 amide bonds. The number of hydrogen-bond donors (Lipinski definition) is 2. The standard InChI is InChI=1S/C12H22N2O/c1-11(2,9-5-6-9)14-10(15)12(13)7-3-4-8-12/h9H,3-8,13H2,1-2H3,(H,14,15). The van der Waals surface area contributed by atoms with Gasteiger partial charge >= 0.3 is 0 Å². The van der Waals surface area contributed by atoms with Crippen molar-refractivity contribution in [3.05, 3.63) is 0 Å². The first-order valence-electron chi connectivity index (χ1n) is 6.06. The van der Waals surface area contributed by atoms with Gasteiger partial charge in [-0.15, -0.1) is 0 Å². The average Bonchev–Trinajstić information content (AvgIpc) is 2.90. The van der Waals surface area contributed by atoms with Gasteiger partial charge in [0.05, 0.1) is 5.54 Å². The minimum atomic E-state index is -0.577. The van der Waals surface area contributed by atoms with E-state index in [1.807, 2.05) is 0 Å². The van der Waals surface area contributed by atoms with Crippen LogP contribution >= 0.6 is 0 Å². The molecule has 0 saturated heterocycles. The van der Waals surface area contributed by atoms with Crippen LogP contribution in [0.5, 0.6) is 0 Å². The number of nitrogens with one attached hydrogen (secondary N) is 1. The minimum Gasteiger partial charge on any atom is -0.349 e. The quantitative estimate of drug-likeness (QED) is 0.742. The van der Waals surface area contributed by atoms with E-state index in [1.54, 1.807) is 0 Å². The molecule has 3 heteroatoms. The Kier molecular flexibility index (Phi) is 2.53. The first-order valence-corrected chi connectivity index (χ1v) is 6.06. The Morgan fingerprint density at radius 3 is 2.33 bits per heavy atom. The van der Waals surface area contributed by atoms with Crippen molar-refractivity contribution < 1.29 is 4.79 Å². The maximum Gasteiger partial charge on any atom is 0.240 e. The third-order valence-electron chi connectivity index (χ3n) is 3.98. The minimum absolute atomic E-state index is 0.0634. The van der Waals surface area contributed by atoms with E-state index in [1.165, 1.54) is 12.8 Å². The normalized spacial score (nSPS) is 25.3. The summed E-state index contributed by atoms with van der Waals surface area (Å²) in [6, 6.07) is 0. The molecule has 0 atom stereocenters. The van der Waals surface area contributed by atoms with E-state index in [4.69, 9.17) is 5.73 Å². The molecule has 0 radical (unpaired) electrons. The molecule has 0 heterocycles. The predicted octanol–water partition coefficient (Wildman–Crippen LogP) is 1.56. The summed E-state index contributed by atoms with van der Waals surface area (Å²) in [5.74, 6) is 0.725. The second-order valence-electron chi connectivity index (χ2n) is 5.81. The number of carbonyl (C=O) groups is 1. The van der Waals surface area contributed by atoms with Gasteiger partial charge in [-0.2, -0.15) is 0 Å². The second kappa shape index (κ2) is 3.48. The Bertz CT molecular complexity index is 263. The number of carbonyl (C=O) groups excluding carboxylic acids is 1. The van der Waals surface area contributed by atoms with Crippen molar-refractivity contribution in [1.29, 1.82) is 0 Å². The topological polar surface area (TPSA) is 55.1 Å². The molecule has 2 aliphatic carbocycles. The summed E-state index contributed by atoms with van der Waals surface area (Å²) in [7, 11) is 0. The largest absolute Gasteiger partial charge is 0.349 e. The first-order chi connectivity index (χ1) is 6.94. The monoisotopic (exact) mass is 210 g/mol. The highest BCUT2D eigenvalue weighted by Gasteiger charge is 2.43. The molecule has 3 N–H and O–H groups in total. The van der Waals surface area contributed by atoms with Gasteiger partial charge < -0.3 is 11.1 Å². The zero-order valence-electron chi connectivity index (χ0n) is 9.81. The molecule has 0 spiro atoms. The SMILES string of the molecule is CC(C)(NC(=O)C1(N)CCCC1)C1CC1. The van der Waals surface area contributed by atoms with Crippen molar-refractivity contribution in [2.75, 3.05) is 0 Å². The molecule has 0 aromatic carbocycles. The van der Waals surface area contributed by atoms with Crippen LogP contribution in [-0.4, -0.2) is 17.0 Å². The first kappa shape index (κ1) is 10.9. The van der Waals surface area contributed by atoms with Crippen LogP contribution in [-0.2, 0) is 4.79 Å². The fourth-order valence-electron chi connectivity index (χ4n) is 2.56. The Labute approximate surface area is 91.8 Å². The van der Waals surface area contributed by atoms with Gasteiger partial charge in [-0.05, 0) is 45.4 Å². The van der Waals surface area contributed by atoms with Crippen molar-refractivity contribution in [2.24, 2.45) is 11.7 Å². The van der Waals surface area contributed by atoms with Gasteiger partial charge in [-0.3, -0.25) is 4.79 Å². The highest BCUT2D eigenvalue weighted by molar-refractivity contribution is 5.87. The van der Waals surface area contributed by atoms with Crippen LogP contribution in [0.2, 0.25) is 0 Å². The summed E-state index contributed by atoms with van der Waals surface area (Å²) < 4.78 is 0. The third-order valence-corrected chi connectivity index (χ3v) is 3.98. The van der Waals surface area contributed by atoms with Crippen LogP contribution in [0.4, 0.5) is 0 Å². The van der Waals surface area contributed by atoms with Crippen LogP contribution in [0.3, 0.4) is 0 Å². The zero-order valence-corrected chi connectivity index (χ0v) is 9.81. The number of rotatable bonds is 3.